The molecule has 0 fully saturated rings. The van der Waals surface area contributed by atoms with Crippen LogP contribution in [0.4, 0.5) is 34.1 Å². The number of fused-ring (bicyclic) bond motifs is 15. The highest BCUT2D eigenvalue weighted by Crippen LogP contribution is 2.64. The van der Waals surface area contributed by atoms with E-state index in [0.29, 0.717) is 0 Å². The van der Waals surface area contributed by atoms with Crippen LogP contribution in [-0.4, -0.2) is 4.98 Å². The number of aromatic amines is 1. The molecule has 0 amide bonds. The number of nitrogens with one attached hydrogen (secondary N) is 1. The Kier molecular flexibility index (Phi) is 7.87. The Morgan fingerprint density at radius 2 is 0.859 bits per heavy atom. The second-order valence-electron chi connectivity index (χ2n) is 18.5. The molecular weight excluding hydrogens is 795 g/mol. The SMILES string of the molecule is CC1(C)c2cc(N(c3ccccc3)c3ccccc3)c3c([nH]c4ccccc43)c2-c2ccc3c(c21)C(C)(C)c1cc(N(c2ccccc2)c2ccccc2)c2sc4ccccc4c2c1-3. The molecule has 0 atom stereocenters. The van der Waals surface area contributed by atoms with Crippen molar-refractivity contribution in [3.05, 3.63) is 216 Å². The summed E-state index contributed by atoms with van der Waals surface area (Å²) in [5.74, 6) is 0. The quantitative estimate of drug-likeness (QED) is 0.180. The van der Waals surface area contributed by atoms with Crippen molar-refractivity contribution in [1.82, 2.24) is 4.98 Å². The molecule has 2 aromatic heterocycles. The van der Waals surface area contributed by atoms with Crippen molar-refractivity contribution in [2.75, 3.05) is 9.80 Å². The normalized spacial score (nSPS) is 14.2. The van der Waals surface area contributed by atoms with E-state index in [4.69, 9.17) is 0 Å². The summed E-state index contributed by atoms with van der Waals surface area (Å²) in [7, 11) is 0. The van der Waals surface area contributed by atoms with Gasteiger partial charge in [-0.1, -0.05) is 149 Å². The van der Waals surface area contributed by atoms with Gasteiger partial charge in [-0.2, -0.15) is 0 Å². The first-order valence-electron chi connectivity index (χ1n) is 22.4. The largest absolute Gasteiger partial charge is 0.354 e. The molecule has 9 aromatic carbocycles. The lowest BCUT2D eigenvalue weighted by molar-refractivity contribution is 0.601. The number of rotatable bonds is 6. The molecule has 0 spiro atoms. The van der Waals surface area contributed by atoms with Crippen LogP contribution in [0.25, 0.3) is 64.2 Å². The molecule has 4 heteroatoms. The Morgan fingerprint density at radius 3 is 1.42 bits per heavy atom. The molecule has 1 N–H and O–H groups in total. The molecule has 13 rings (SSSR count). The smallest absolute Gasteiger partial charge is 0.0643 e. The van der Waals surface area contributed by atoms with Crippen LogP contribution >= 0.6 is 11.3 Å². The zero-order valence-corrected chi connectivity index (χ0v) is 37.1. The fourth-order valence-corrected chi connectivity index (χ4v) is 12.7. The maximum atomic E-state index is 4.02. The van der Waals surface area contributed by atoms with Gasteiger partial charge in [0.25, 0.3) is 0 Å². The first-order chi connectivity index (χ1) is 31.3. The average Bonchev–Trinajstić information content (AvgIpc) is 4.04. The highest BCUT2D eigenvalue weighted by Gasteiger charge is 2.48. The topological polar surface area (TPSA) is 22.3 Å². The fourth-order valence-electron chi connectivity index (χ4n) is 11.5. The molecule has 11 aromatic rings. The molecule has 3 nitrogen and oxygen atoms in total. The maximum Gasteiger partial charge on any atom is 0.0643 e. The maximum absolute atomic E-state index is 4.02. The summed E-state index contributed by atoms with van der Waals surface area (Å²) in [4.78, 5) is 8.95. The molecule has 0 radical (unpaired) electrons. The number of anilines is 6. The van der Waals surface area contributed by atoms with Gasteiger partial charge in [-0.25, -0.2) is 0 Å². The number of hydrogen-bond donors (Lipinski definition) is 1. The van der Waals surface area contributed by atoms with Gasteiger partial charge in [0.05, 0.1) is 21.6 Å². The molecule has 2 aliphatic carbocycles. The van der Waals surface area contributed by atoms with E-state index in [2.05, 4.69) is 237 Å². The van der Waals surface area contributed by atoms with E-state index < -0.39 is 0 Å². The van der Waals surface area contributed by atoms with Crippen LogP contribution < -0.4 is 9.80 Å². The Labute approximate surface area is 377 Å². The first kappa shape index (κ1) is 37.2. The molecule has 0 aliphatic heterocycles. The first-order valence-corrected chi connectivity index (χ1v) is 23.2. The lowest BCUT2D eigenvalue weighted by Crippen LogP contribution is -2.24. The van der Waals surface area contributed by atoms with Gasteiger partial charge in [0.1, 0.15) is 0 Å². The highest BCUT2D eigenvalue weighted by molar-refractivity contribution is 7.26. The number of thiophene rings is 1. The van der Waals surface area contributed by atoms with Crippen molar-refractivity contribution in [3.63, 3.8) is 0 Å². The second-order valence-corrected chi connectivity index (χ2v) is 19.6. The van der Waals surface area contributed by atoms with Crippen molar-refractivity contribution >= 4 is 87.4 Å². The summed E-state index contributed by atoms with van der Waals surface area (Å²) in [6.45, 7) is 9.90. The molecule has 306 valence electrons. The molecule has 2 aliphatic rings. The standard InChI is InChI=1S/C60H45N3S/c1-59(2)45-36-49(63(39-25-13-7-14-26-39)40-27-15-8-16-28-40)58-54(42-30-18-20-32-50(42)64-58)51(45)43-33-34-44-52-46(60(3,4)56(44)55(43)59)35-48(53-41-29-17-19-31-47(41)61-57(52)53)62(37-21-9-5-10-22-37)38-23-11-6-12-24-38/h5-36,61H,1-4H3. The van der Waals surface area contributed by atoms with Crippen molar-refractivity contribution in [2.24, 2.45) is 0 Å². The molecule has 64 heavy (non-hydrogen) atoms. The summed E-state index contributed by atoms with van der Waals surface area (Å²) in [6.07, 6.45) is 0. The Hall–Kier alpha value is -7.40. The van der Waals surface area contributed by atoms with E-state index in [0.717, 1.165) is 28.3 Å². The van der Waals surface area contributed by atoms with E-state index in [-0.39, 0.29) is 10.8 Å². The van der Waals surface area contributed by atoms with Crippen molar-refractivity contribution < 1.29 is 0 Å². The molecule has 0 unspecified atom stereocenters. The van der Waals surface area contributed by atoms with Crippen LogP contribution in [0.1, 0.15) is 49.9 Å². The van der Waals surface area contributed by atoms with E-state index >= 15 is 0 Å². The van der Waals surface area contributed by atoms with Crippen molar-refractivity contribution in [3.8, 4) is 22.3 Å². The third-order valence-corrected chi connectivity index (χ3v) is 15.5. The number of aromatic nitrogens is 1. The minimum atomic E-state index is -0.326. The minimum absolute atomic E-state index is 0.317. The third-order valence-electron chi connectivity index (χ3n) is 14.3. The number of hydrogen-bond acceptors (Lipinski definition) is 3. The monoisotopic (exact) mass is 839 g/mol. The predicted octanol–water partition coefficient (Wildman–Crippen LogP) is 17.2. The van der Waals surface area contributed by atoms with Gasteiger partial charge in [-0.05, 0) is 112 Å². The van der Waals surface area contributed by atoms with Crippen LogP contribution in [0.5, 0.6) is 0 Å². The molecule has 0 bridgehead atoms. The van der Waals surface area contributed by atoms with Gasteiger partial charge in [-0.3, -0.25) is 0 Å². The van der Waals surface area contributed by atoms with Crippen LogP contribution in [0.2, 0.25) is 0 Å². The van der Waals surface area contributed by atoms with Gasteiger partial charge >= 0.3 is 0 Å². The van der Waals surface area contributed by atoms with Gasteiger partial charge < -0.3 is 14.8 Å². The predicted molar refractivity (Wildman–Crippen MR) is 273 cm³/mol. The van der Waals surface area contributed by atoms with E-state index in [1.165, 1.54) is 92.3 Å². The zero-order chi connectivity index (χ0) is 42.9. The highest BCUT2D eigenvalue weighted by atomic mass is 32.1. The van der Waals surface area contributed by atoms with Gasteiger partial charge in [0.2, 0.25) is 0 Å². The molecule has 2 heterocycles. The Morgan fingerprint density at radius 1 is 0.422 bits per heavy atom. The second kappa shape index (κ2) is 13.6. The summed E-state index contributed by atoms with van der Waals surface area (Å²) in [5, 5.41) is 5.14. The summed E-state index contributed by atoms with van der Waals surface area (Å²) < 4.78 is 2.62. The minimum Gasteiger partial charge on any atom is -0.354 e. The van der Waals surface area contributed by atoms with Gasteiger partial charge in [0, 0.05) is 70.9 Å². The summed E-state index contributed by atoms with van der Waals surface area (Å²) in [5.41, 5.74) is 19.6. The van der Waals surface area contributed by atoms with Crippen LogP contribution in [0, 0.1) is 0 Å². The van der Waals surface area contributed by atoms with Crippen molar-refractivity contribution in [2.45, 2.75) is 38.5 Å². The number of para-hydroxylation sites is 5. The lowest BCUT2D eigenvalue weighted by atomic mass is 9.72. The third kappa shape index (κ3) is 5.09. The molecule has 0 saturated carbocycles. The average molecular weight is 840 g/mol. The van der Waals surface area contributed by atoms with Gasteiger partial charge in [0.15, 0.2) is 0 Å². The van der Waals surface area contributed by atoms with E-state index in [9.17, 15) is 0 Å². The molecular formula is C60H45N3S. The number of benzene rings is 9. The number of nitrogens with zero attached hydrogens (tertiary/aromatic N) is 2. The van der Waals surface area contributed by atoms with Crippen LogP contribution in [0.3, 0.4) is 0 Å². The summed E-state index contributed by atoms with van der Waals surface area (Å²) >= 11 is 1.92. The molecule has 0 saturated heterocycles. The number of H-pyrrole nitrogens is 1. The van der Waals surface area contributed by atoms with Crippen LogP contribution in [-0.2, 0) is 10.8 Å². The summed E-state index contributed by atoms with van der Waals surface area (Å²) in [6, 6.07) is 71.3. The Bertz CT molecular complexity index is 3580. The van der Waals surface area contributed by atoms with Gasteiger partial charge in [-0.15, -0.1) is 11.3 Å². The van der Waals surface area contributed by atoms with Crippen LogP contribution in [0.15, 0.2) is 194 Å². The van der Waals surface area contributed by atoms with Crippen molar-refractivity contribution in [1.29, 1.82) is 0 Å². The Balaban J connectivity index is 1.10. The van der Waals surface area contributed by atoms with E-state index in [1.807, 2.05) is 11.3 Å². The zero-order valence-electron chi connectivity index (χ0n) is 36.3. The fraction of sp³-hybridized carbons (Fsp3) is 0.100. The van der Waals surface area contributed by atoms with E-state index in [1.54, 1.807) is 0 Å². The lowest BCUT2D eigenvalue weighted by Gasteiger charge is -2.32.